The summed E-state index contributed by atoms with van der Waals surface area (Å²) in [4.78, 5) is 17.8. The number of nitrogens with two attached hydrogens (primary N) is 1. The smallest absolute Gasteiger partial charge is 0.261 e. The van der Waals surface area contributed by atoms with Crippen LogP contribution in [0, 0.1) is 5.82 Å². The largest absolute Gasteiger partial charge is 0.347 e. The van der Waals surface area contributed by atoms with E-state index in [4.69, 9.17) is 5.73 Å². The molecule has 3 aromatic heterocycles. The van der Waals surface area contributed by atoms with Crippen LogP contribution in [-0.4, -0.2) is 32.6 Å². The van der Waals surface area contributed by atoms with E-state index in [0.717, 1.165) is 48.1 Å². The molecule has 0 aliphatic heterocycles. The topological polar surface area (TPSA) is 85.3 Å². The number of thiophene rings is 1. The molecule has 5 rings (SSSR count). The van der Waals surface area contributed by atoms with E-state index >= 15 is 0 Å². The number of hydrogen-bond donors (Lipinski definition) is 2. The molecular formula is C23H22FN5OS. The van der Waals surface area contributed by atoms with Crippen molar-refractivity contribution in [1.29, 1.82) is 0 Å². The lowest BCUT2D eigenvalue weighted by Crippen LogP contribution is -2.49. The summed E-state index contributed by atoms with van der Waals surface area (Å²) in [5, 5.41) is 9.55. The molecule has 1 aliphatic rings. The minimum Gasteiger partial charge on any atom is -0.347 e. The molecule has 0 spiro atoms. The number of nitrogens with one attached hydrogen (secondary N) is 1. The Balaban J connectivity index is 1.38. The van der Waals surface area contributed by atoms with Crippen molar-refractivity contribution in [1.82, 2.24) is 19.9 Å². The van der Waals surface area contributed by atoms with Gasteiger partial charge in [0.2, 0.25) is 0 Å². The van der Waals surface area contributed by atoms with Gasteiger partial charge in [-0.25, -0.2) is 13.9 Å². The quantitative estimate of drug-likeness (QED) is 0.501. The molecule has 2 atom stereocenters. The minimum atomic E-state index is -0.274. The Morgan fingerprint density at radius 2 is 1.90 bits per heavy atom. The number of hydrogen-bond acceptors (Lipinski definition) is 5. The molecule has 8 heteroatoms. The number of nitrogens with zero attached hydrogens (tertiary/aromatic N) is 3. The van der Waals surface area contributed by atoms with E-state index in [1.54, 1.807) is 29.0 Å². The molecular weight excluding hydrogens is 413 g/mol. The first kappa shape index (κ1) is 19.8. The van der Waals surface area contributed by atoms with Gasteiger partial charge in [-0.15, -0.1) is 11.3 Å². The van der Waals surface area contributed by atoms with Crippen molar-refractivity contribution < 1.29 is 9.18 Å². The Kier molecular flexibility index (Phi) is 5.25. The van der Waals surface area contributed by atoms with Crippen molar-refractivity contribution in [2.45, 2.75) is 37.8 Å². The fraction of sp³-hybridized carbons (Fsp3) is 0.261. The first-order chi connectivity index (χ1) is 15.1. The maximum atomic E-state index is 13.2. The van der Waals surface area contributed by atoms with Crippen LogP contribution in [-0.2, 0) is 0 Å². The van der Waals surface area contributed by atoms with Crippen LogP contribution in [0.5, 0.6) is 0 Å². The van der Waals surface area contributed by atoms with Crippen molar-refractivity contribution in [2.24, 2.45) is 5.73 Å². The van der Waals surface area contributed by atoms with E-state index in [2.05, 4.69) is 15.4 Å². The van der Waals surface area contributed by atoms with Crippen LogP contribution >= 0.6 is 11.3 Å². The zero-order valence-corrected chi connectivity index (χ0v) is 17.6. The molecule has 1 saturated carbocycles. The zero-order chi connectivity index (χ0) is 21.4. The van der Waals surface area contributed by atoms with Gasteiger partial charge in [0.05, 0.1) is 23.0 Å². The summed E-state index contributed by atoms with van der Waals surface area (Å²) >= 11 is 1.40. The molecule has 0 bridgehead atoms. The maximum Gasteiger partial charge on any atom is 0.261 e. The fourth-order valence-electron chi connectivity index (χ4n) is 4.04. The second-order valence-corrected chi connectivity index (χ2v) is 8.80. The Labute approximate surface area is 182 Å². The van der Waals surface area contributed by atoms with E-state index in [1.807, 2.05) is 17.5 Å². The SMILES string of the molecule is NC1CCCCC1NC(=O)c1cc(-c2cnc3cc(-c4ccc(F)cc4)cnn23)cs1. The third-order valence-corrected chi connectivity index (χ3v) is 6.72. The van der Waals surface area contributed by atoms with Crippen LogP contribution in [0.15, 0.2) is 54.2 Å². The summed E-state index contributed by atoms with van der Waals surface area (Å²) in [6.07, 6.45) is 7.59. The molecule has 158 valence electrons. The van der Waals surface area contributed by atoms with E-state index in [9.17, 15) is 9.18 Å². The lowest BCUT2D eigenvalue weighted by Gasteiger charge is -2.29. The number of rotatable bonds is 4. The van der Waals surface area contributed by atoms with Gasteiger partial charge >= 0.3 is 0 Å². The highest BCUT2D eigenvalue weighted by molar-refractivity contribution is 7.12. The predicted octanol–water partition coefficient (Wildman–Crippen LogP) is 4.26. The molecule has 3 heterocycles. The molecule has 0 radical (unpaired) electrons. The minimum absolute atomic E-state index is 0.0235. The molecule has 0 saturated heterocycles. The Morgan fingerprint density at radius 3 is 2.71 bits per heavy atom. The second kappa shape index (κ2) is 8.20. The number of imidazole rings is 1. The van der Waals surface area contributed by atoms with Gasteiger partial charge in [-0.3, -0.25) is 4.79 Å². The van der Waals surface area contributed by atoms with Gasteiger partial charge < -0.3 is 11.1 Å². The van der Waals surface area contributed by atoms with E-state index in [0.29, 0.717) is 10.5 Å². The summed E-state index contributed by atoms with van der Waals surface area (Å²) in [6, 6.07) is 10.1. The molecule has 1 aromatic carbocycles. The normalized spacial score (nSPS) is 18.9. The van der Waals surface area contributed by atoms with Gasteiger partial charge in [0.25, 0.3) is 5.91 Å². The van der Waals surface area contributed by atoms with Crippen molar-refractivity contribution in [3.63, 3.8) is 0 Å². The number of aromatic nitrogens is 3. The number of carbonyl (C=O) groups is 1. The van der Waals surface area contributed by atoms with Gasteiger partial charge in [-0.1, -0.05) is 25.0 Å². The number of fused-ring (bicyclic) bond motifs is 1. The van der Waals surface area contributed by atoms with Crippen molar-refractivity contribution in [3.05, 3.63) is 64.9 Å². The van der Waals surface area contributed by atoms with Crippen LogP contribution in [0.4, 0.5) is 4.39 Å². The highest BCUT2D eigenvalue weighted by Gasteiger charge is 2.24. The van der Waals surface area contributed by atoms with Gasteiger partial charge in [0.15, 0.2) is 5.65 Å². The monoisotopic (exact) mass is 435 g/mol. The molecule has 6 nitrogen and oxygen atoms in total. The average Bonchev–Trinajstić information content (AvgIpc) is 3.42. The molecule has 1 aliphatic carbocycles. The van der Waals surface area contributed by atoms with E-state index in [1.165, 1.54) is 23.5 Å². The summed E-state index contributed by atoms with van der Waals surface area (Å²) in [5.41, 5.74) is 10.3. The van der Waals surface area contributed by atoms with Gasteiger partial charge in [0.1, 0.15) is 5.82 Å². The van der Waals surface area contributed by atoms with Crippen LogP contribution in [0.1, 0.15) is 35.4 Å². The van der Waals surface area contributed by atoms with Crippen LogP contribution in [0.2, 0.25) is 0 Å². The molecule has 2 unspecified atom stereocenters. The van der Waals surface area contributed by atoms with Gasteiger partial charge in [0, 0.05) is 28.6 Å². The number of benzene rings is 1. The molecule has 1 fully saturated rings. The average molecular weight is 436 g/mol. The van der Waals surface area contributed by atoms with E-state index < -0.39 is 0 Å². The van der Waals surface area contributed by atoms with Crippen molar-refractivity contribution in [3.8, 4) is 22.4 Å². The highest BCUT2D eigenvalue weighted by Crippen LogP contribution is 2.28. The lowest BCUT2D eigenvalue weighted by atomic mass is 9.91. The third-order valence-electron chi connectivity index (χ3n) is 5.79. The van der Waals surface area contributed by atoms with Crippen LogP contribution < -0.4 is 11.1 Å². The summed E-state index contributed by atoms with van der Waals surface area (Å²) in [7, 11) is 0. The van der Waals surface area contributed by atoms with Crippen molar-refractivity contribution >= 4 is 22.9 Å². The lowest BCUT2D eigenvalue weighted by molar-refractivity contribution is 0.0925. The van der Waals surface area contributed by atoms with E-state index in [-0.39, 0.29) is 23.8 Å². The molecule has 3 N–H and O–H groups in total. The Bertz CT molecular complexity index is 1230. The maximum absolute atomic E-state index is 13.2. The second-order valence-electron chi connectivity index (χ2n) is 7.89. The van der Waals surface area contributed by atoms with Crippen LogP contribution in [0.25, 0.3) is 28.0 Å². The first-order valence-electron chi connectivity index (χ1n) is 10.3. The van der Waals surface area contributed by atoms with Gasteiger partial charge in [-0.2, -0.15) is 5.10 Å². The Morgan fingerprint density at radius 1 is 1.10 bits per heavy atom. The highest BCUT2D eigenvalue weighted by atomic mass is 32.1. The van der Waals surface area contributed by atoms with Gasteiger partial charge in [-0.05, 0) is 42.7 Å². The third kappa shape index (κ3) is 3.96. The molecule has 4 aromatic rings. The number of halogens is 1. The molecule has 31 heavy (non-hydrogen) atoms. The fourth-order valence-corrected chi connectivity index (χ4v) is 4.84. The Hall–Kier alpha value is -3.10. The standard InChI is InChI=1S/C23H22FN5OS/c24-17-7-5-14(6-8-17)15-10-22-26-12-20(29(22)27-11-15)16-9-21(31-13-16)23(30)28-19-4-2-1-3-18(19)25/h5-13,18-19H,1-4,25H2,(H,28,30). The number of amides is 1. The zero-order valence-electron chi connectivity index (χ0n) is 16.8. The summed E-state index contributed by atoms with van der Waals surface area (Å²) < 4.78 is 14.9. The molecule has 1 amide bonds. The summed E-state index contributed by atoms with van der Waals surface area (Å²) in [5.74, 6) is -0.359. The summed E-state index contributed by atoms with van der Waals surface area (Å²) in [6.45, 7) is 0. The number of carbonyl (C=O) groups excluding carboxylic acids is 1. The predicted molar refractivity (Wildman–Crippen MR) is 119 cm³/mol. The van der Waals surface area contributed by atoms with Crippen molar-refractivity contribution in [2.75, 3.05) is 0 Å². The first-order valence-corrected chi connectivity index (χ1v) is 11.2. The van der Waals surface area contributed by atoms with Crippen LogP contribution in [0.3, 0.4) is 0 Å².